The number of hydrogen-bond acceptors (Lipinski definition) is 4. The van der Waals surface area contributed by atoms with E-state index < -0.39 is 29.1 Å². The highest BCUT2D eigenvalue weighted by molar-refractivity contribution is 9.10. The van der Waals surface area contributed by atoms with Gasteiger partial charge < -0.3 is 10.1 Å². The van der Waals surface area contributed by atoms with Crippen molar-refractivity contribution in [2.45, 2.75) is 25.2 Å². The van der Waals surface area contributed by atoms with Gasteiger partial charge in [0.2, 0.25) is 5.91 Å². The largest absolute Gasteiger partial charge is 0.468 e. The third-order valence-corrected chi connectivity index (χ3v) is 6.60. The van der Waals surface area contributed by atoms with Crippen molar-refractivity contribution < 1.29 is 19.1 Å². The van der Waals surface area contributed by atoms with E-state index in [-0.39, 0.29) is 18.1 Å². The number of amides is 1. The number of esters is 1. The van der Waals surface area contributed by atoms with Crippen LogP contribution in [0.1, 0.15) is 36.3 Å². The Labute approximate surface area is 171 Å². The molecule has 4 atom stereocenters. The molecule has 0 aromatic heterocycles. The summed E-state index contributed by atoms with van der Waals surface area (Å²) in [6.45, 7) is 1.54. The van der Waals surface area contributed by atoms with Gasteiger partial charge in [-0.3, -0.25) is 14.4 Å². The minimum absolute atomic E-state index is 0.0368. The number of rotatable bonds is 3. The molecule has 1 saturated carbocycles. The van der Waals surface area contributed by atoms with Gasteiger partial charge in [-0.15, -0.1) is 0 Å². The molecule has 1 amide bonds. The van der Waals surface area contributed by atoms with Crippen molar-refractivity contribution in [2.75, 3.05) is 12.4 Å². The van der Waals surface area contributed by atoms with Gasteiger partial charge in [-0.1, -0.05) is 46.3 Å². The summed E-state index contributed by atoms with van der Waals surface area (Å²) in [5.74, 6) is -2.35. The van der Waals surface area contributed by atoms with Crippen LogP contribution < -0.4 is 5.32 Å². The van der Waals surface area contributed by atoms with Crippen LogP contribution in [0.15, 0.2) is 53.0 Å². The monoisotopic (exact) mass is 441 g/mol. The number of halogens is 1. The highest BCUT2D eigenvalue weighted by atomic mass is 79.9. The Bertz CT molecular complexity index is 988. The van der Waals surface area contributed by atoms with Crippen molar-refractivity contribution in [3.05, 3.63) is 64.1 Å². The van der Waals surface area contributed by atoms with E-state index in [1.807, 2.05) is 42.5 Å². The van der Waals surface area contributed by atoms with Gasteiger partial charge in [0.15, 0.2) is 5.41 Å². The molecule has 2 aromatic rings. The molecule has 144 valence electrons. The number of anilines is 1. The Hall–Kier alpha value is -2.47. The van der Waals surface area contributed by atoms with Crippen LogP contribution in [0.3, 0.4) is 0 Å². The summed E-state index contributed by atoms with van der Waals surface area (Å²) in [6, 6.07) is 15.1. The fraction of sp³-hybridized carbons (Fsp3) is 0.318. The van der Waals surface area contributed by atoms with Crippen LogP contribution in [0, 0.1) is 11.3 Å². The maximum atomic E-state index is 13.2. The predicted octanol–water partition coefficient (Wildman–Crippen LogP) is 4.04. The fourth-order valence-corrected chi connectivity index (χ4v) is 5.43. The normalized spacial score (nSPS) is 28.1. The number of Topliss-reactive ketones (excluding diaryl/α,β-unsaturated/α-hetero) is 1. The van der Waals surface area contributed by atoms with Crippen LogP contribution in [-0.4, -0.2) is 24.8 Å². The number of ketones is 1. The number of fused-ring (bicyclic) bond motifs is 3. The lowest BCUT2D eigenvalue weighted by Gasteiger charge is -2.38. The van der Waals surface area contributed by atoms with Crippen LogP contribution in [0.5, 0.6) is 0 Å². The van der Waals surface area contributed by atoms with E-state index in [1.165, 1.54) is 14.0 Å². The van der Waals surface area contributed by atoms with E-state index >= 15 is 0 Å². The topological polar surface area (TPSA) is 72.5 Å². The van der Waals surface area contributed by atoms with Gasteiger partial charge in [-0.05, 0) is 48.6 Å². The number of benzene rings is 2. The second-order valence-electron chi connectivity index (χ2n) is 7.48. The third kappa shape index (κ3) is 2.62. The molecule has 1 aliphatic carbocycles. The van der Waals surface area contributed by atoms with Gasteiger partial charge in [-0.25, -0.2) is 0 Å². The zero-order valence-corrected chi connectivity index (χ0v) is 17.2. The van der Waals surface area contributed by atoms with E-state index in [2.05, 4.69) is 21.2 Å². The van der Waals surface area contributed by atoms with Crippen molar-refractivity contribution in [1.82, 2.24) is 0 Å². The van der Waals surface area contributed by atoms with Crippen LogP contribution in [0.4, 0.5) is 5.69 Å². The van der Waals surface area contributed by atoms with Gasteiger partial charge in [0.25, 0.3) is 0 Å². The van der Waals surface area contributed by atoms with E-state index in [0.717, 1.165) is 15.6 Å². The first-order valence-electron chi connectivity index (χ1n) is 9.15. The summed E-state index contributed by atoms with van der Waals surface area (Å²) in [5, 5.41) is 2.87. The van der Waals surface area contributed by atoms with Crippen molar-refractivity contribution in [1.29, 1.82) is 0 Å². The van der Waals surface area contributed by atoms with Crippen molar-refractivity contribution in [3.63, 3.8) is 0 Å². The SMILES string of the molecule is COC(=O)[C@]12C[C@H](c3cccc(Br)c3)[C@H](C(C)=O)[C@H]1c1ccccc1NC2=O. The average Bonchev–Trinajstić information content (AvgIpc) is 3.06. The molecule has 1 N–H and O–H groups in total. The van der Waals surface area contributed by atoms with Gasteiger partial charge in [0.1, 0.15) is 5.78 Å². The first-order valence-corrected chi connectivity index (χ1v) is 9.94. The number of hydrogen-bond donors (Lipinski definition) is 1. The number of ether oxygens (including phenoxy) is 1. The van der Waals surface area contributed by atoms with E-state index in [0.29, 0.717) is 5.69 Å². The van der Waals surface area contributed by atoms with Crippen LogP contribution >= 0.6 is 15.9 Å². The number of para-hydroxylation sites is 1. The quantitative estimate of drug-likeness (QED) is 0.576. The number of nitrogens with one attached hydrogen (secondary N) is 1. The molecule has 2 aliphatic rings. The van der Waals surface area contributed by atoms with Gasteiger partial charge in [-0.2, -0.15) is 0 Å². The maximum absolute atomic E-state index is 13.2. The fourth-order valence-electron chi connectivity index (χ4n) is 5.01. The number of methoxy groups -OCH3 is 1. The first kappa shape index (κ1) is 18.9. The summed E-state index contributed by atoms with van der Waals surface area (Å²) in [4.78, 5) is 39.1. The first-order chi connectivity index (χ1) is 13.4. The van der Waals surface area contributed by atoms with E-state index in [1.54, 1.807) is 6.07 Å². The highest BCUT2D eigenvalue weighted by Crippen LogP contribution is 2.63. The number of carbonyl (C=O) groups excluding carboxylic acids is 3. The number of carbonyl (C=O) groups is 3. The summed E-state index contributed by atoms with van der Waals surface area (Å²) in [6.07, 6.45) is 0.227. The van der Waals surface area contributed by atoms with Crippen molar-refractivity contribution in [2.24, 2.45) is 11.3 Å². The summed E-state index contributed by atoms with van der Waals surface area (Å²) >= 11 is 3.48. The second kappa shape index (κ2) is 6.85. The standard InChI is InChI=1S/C22H20BrNO4/c1-12(25)18-16(13-6-5-7-14(23)10-13)11-22(21(27)28-2)19(18)15-8-3-4-9-17(15)24-20(22)26/h3-10,16,18-19H,11H2,1-2H3,(H,24,26)/t16-,18+,19-,22-/m1/s1. The molecule has 1 heterocycles. The van der Waals surface area contributed by atoms with Gasteiger partial charge in [0.05, 0.1) is 7.11 Å². The Balaban J connectivity index is 1.97. The van der Waals surface area contributed by atoms with E-state index in [4.69, 9.17) is 4.74 Å². The Kier molecular flexibility index (Phi) is 4.62. The minimum Gasteiger partial charge on any atom is -0.468 e. The molecule has 0 unspecified atom stereocenters. The molecule has 2 aromatic carbocycles. The molecule has 0 bridgehead atoms. The molecule has 28 heavy (non-hydrogen) atoms. The Morgan fingerprint density at radius 2 is 1.93 bits per heavy atom. The molecule has 6 heteroatoms. The summed E-state index contributed by atoms with van der Waals surface area (Å²) < 4.78 is 5.98. The zero-order valence-electron chi connectivity index (χ0n) is 15.6. The Morgan fingerprint density at radius 1 is 1.18 bits per heavy atom. The molecule has 0 radical (unpaired) electrons. The second-order valence-corrected chi connectivity index (χ2v) is 8.40. The molecule has 0 spiro atoms. The van der Waals surface area contributed by atoms with Crippen LogP contribution in [-0.2, 0) is 19.1 Å². The van der Waals surface area contributed by atoms with E-state index in [9.17, 15) is 14.4 Å². The van der Waals surface area contributed by atoms with Crippen LogP contribution in [0.2, 0.25) is 0 Å². The van der Waals surface area contributed by atoms with Gasteiger partial charge >= 0.3 is 5.97 Å². The predicted molar refractivity (Wildman–Crippen MR) is 108 cm³/mol. The molecule has 1 aliphatic heterocycles. The Morgan fingerprint density at radius 3 is 2.61 bits per heavy atom. The third-order valence-electron chi connectivity index (χ3n) is 6.11. The zero-order chi connectivity index (χ0) is 20.1. The molecule has 0 saturated heterocycles. The molecule has 1 fully saturated rings. The molecule has 5 nitrogen and oxygen atoms in total. The summed E-state index contributed by atoms with van der Waals surface area (Å²) in [5.41, 5.74) is 0.966. The highest BCUT2D eigenvalue weighted by Gasteiger charge is 2.66. The lowest BCUT2D eigenvalue weighted by atomic mass is 9.67. The molecular formula is C22H20BrNO4. The van der Waals surface area contributed by atoms with Crippen LogP contribution in [0.25, 0.3) is 0 Å². The molecular weight excluding hydrogens is 422 g/mol. The van der Waals surface area contributed by atoms with Gasteiger partial charge in [0, 0.05) is 22.0 Å². The van der Waals surface area contributed by atoms with Crippen molar-refractivity contribution >= 4 is 39.3 Å². The molecule has 4 rings (SSSR count). The lowest BCUT2D eigenvalue weighted by molar-refractivity contribution is -0.158. The van der Waals surface area contributed by atoms with Crippen molar-refractivity contribution in [3.8, 4) is 0 Å². The maximum Gasteiger partial charge on any atom is 0.322 e. The summed E-state index contributed by atoms with van der Waals surface area (Å²) in [7, 11) is 1.29. The average molecular weight is 442 g/mol. The minimum atomic E-state index is -1.42. The smallest absolute Gasteiger partial charge is 0.322 e. The lowest BCUT2D eigenvalue weighted by Crippen LogP contribution is -2.50.